The molecule has 1 N–H and O–H groups in total. The van der Waals surface area contributed by atoms with E-state index in [1.54, 1.807) is 7.11 Å². The Morgan fingerprint density at radius 1 is 1.10 bits per heavy atom. The summed E-state index contributed by atoms with van der Waals surface area (Å²) in [6, 6.07) is 18.8. The summed E-state index contributed by atoms with van der Waals surface area (Å²) < 4.78 is 7.39. The first-order valence-corrected chi connectivity index (χ1v) is 11.3. The molecule has 5 nitrogen and oxygen atoms in total. The van der Waals surface area contributed by atoms with Gasteiger partial charge in [0.05, 0.1) is 6.61 Å². The van der Waals surface area contributed by atoms with Gasteiger partial charge in [-0.15, -0.1) is 0 Å². The third-order valence-electron chi connectivity index (χ3n) is 6.13. The largest absolute Gasteiger partial charge is 0.383 e. The van der Waals surface area contributed by atoms with Crippen LogP contribution in [0.15, 0.2) is 54.6 Å². The predicted octanol–water partition coefficient (Wildman–Crippen LogP) is 4.32. The first-order chi connectivity index (χ1) is 15.2. The summed E-state index contributed by atoms with van der Waals surface area (Å²) in [6.07, 6.45) is 1.78. The van der Waals surface area contributed by atoms with Crippen molar-refractivity contribution < 1.29 is 9.53 Å². The molecule has 31 heavy (non-hydrogen) atoms. The number of carbonyl (C=O) groups is 1. The van der Waals surface area contributed by atoms with E-state index in [2.05, 4.69) is 51.2 Å². The van der Waals surface area contributed by atoms with Crippen LogP contribution in [0.2, 0.25) is 5.02 Å². The number of methoxy groups -OCH3 is 1. The van der Waals surface area contributed by atoms with Gasteiger partial charge in [0.25, 0.3) is 0 Å². The maximum absolute atomic E-state index is 12.3. The van der Waals surface area contributed by atoms with Crippen LogP contribution in [0.4, 0.5) is 0 Å². The number of aromatic nitrogens is 1. The molecule has 4 rings (SSSR count). The molecule has 1 amide bonds. The van der Waals surface area contributed by atoms with Gasteiger partial charge in [-0.1, -0.05) is 48.0 Å². The molecule has 1 aromatic heterocycles. The van der Waals surface area contributed by atoms with Crippen molar-refractivity contribution in [2.24, 2.45) is 5.92 Å². The van der Waals surface area contributed by atoms with Crippen LogP contribution in [0, 0.1) is 5.92 Å². The fraction of sp³-hybridized carbons (Fsp3) is 0.400. The number of ether oxygens (including phenoxy) is 1. The average Bonchev–Trinajstić information content (AvgIpc) is 3.13. The summed E-state index contributed by atoms with van der Waals surface area (Å²) in [5.74, 6) is 0.256. The molecule has 2 aromatic carbocycles. The van der Waals surface area contributed by atoms with Crippen LogP contribution in [0.25, 0.3) is 10.9 Å². The molecule has 0 bridgehead atoms. The molecule has 0 unspecified atom stereocenters. The second kappa shape index (κ2) is 10.3. The highest BCUT2D eigenvalue weighted by atomic mass is 35.5. The van der Waals surface area contributed by atoms with Crippen LogP contribution in [0.1, 0.15) is 24.1 Å². The molecule has 1 aliphatic heterocycles. The second-order valence-corrected chi connectivity index (χ2v) is 8.61. The van der Waals surface area contributed by atoms with Crippen molar-refractivity contribution >= 4 is 28.4 Å². The van der Waals surface area contributed by atoms with Crippen LogP contribution < -0.4 is 5.32 Å². The fourth-order valence-corrected chi connectivity index (χ4v) is 4.58. The van der Waals surface area contributed by atoms with Crippen molar-refractivity contribution in [2.45, 2.75) is 25.9 Å². The lowest BCUT2D eigenvalue weighted by molar-refractivity contribution is -0.126. The van der Waals surface area contributed by atoms with E-state index in [9.17, 15) is 4.79 Å². The van der Waals surface area contributed by atoms with Crippen LogP contribution in [0.3, 0.4) is 0 Å². The Kier molecular flexibility index (Phi) is 7.28. The third kappa shape index (κ3) is 5.29. The Balaban J connectivity index is 1.45. The minimum Gasteiger partial charge on any atom is -0.383 e. The Morgan fingerprint density at radius 2 is 1.84 bits per heavy atom. The lowest BCUT2D eigenvalue weighted by atomic mass is 9.96. The maximum atomic E-state index is 12.3. The van der Waals surface area contributed by atoms with E-state index in [-0.39, 0.29) is 11.8 Å². The van der Waals surface area contributed by atoms with E-state index < -0.39 is 0 Å². The van der Waals surface area contributed by atoms with Crippen molar-refractivity contribution in [1.29, 1.82) is 0 Å². The molecule has 3 aromatic rings. The zero-order valence-electron chi connectivity index (χ0n) is 18.0. The number of rotatable bonds is 8. The molecule has 0 aliphatic carbocycles. The van der Waals surface area contributed by atoms with Gasteiger partial charge >= 0.3 is 0 Å². The van der Waals surface area contributed by atoms with E-state index in [0.29, 0.717) is 13.2 Å². The number of piperidine rings is 1. The van der Waals surface area contributed by atoms with Gasteiger partial charge in [0.2, 0.25) is 5.91 Å². The monoisotopic (exact) mass is 439 g/mol. The lowest BCUT2D eigenvalue weighted by Gasteiger charge is -2.31. The summed E-state index contributed by atoms with van der Waals surface area (Å²) in [4.78, 5) is 14.8. The van der Waals surface area contributed by atoms with E-state index in [4.69, 9.17) is 16.3 Å². The highest BCUT2D eigenvalue weighted by Crippen LogP contribution is 2.26. The Labute approximate surface area is 188 Å². The van der Waals surface area contributed by atoms with E-state index in [1.807, 2.05) is 18.2 Å². The summed E-state index contributed by atoms with van der Waals surface area (Å²) in [7, 11) is 1.65. The molecular formula is C25H30ClN3O2. The number of amides is 1. The highest BCUT2D eigenvalue weighted by Gasteiger charge is 2.25. The van der Waals surface area contributed by atoms with E-state index in [0.717, 1.165) is 49.6 Å². The van der Waals surface area contributed by atoms with Gasteiger partial charge in [-0.05, 0) is 55.1 Å². The number of nitrogens with zero attached hydrogens (tertiary/aromatic N) is 2. The molecule has 0 saturated carbocycles. The number of benzene rings is 2. The molecular weight excluding hydrogens is 410 g/mol. The second-order valence-electron chi connectivity index (χ2n) is 8.21. The Bertz CT molecular complexity index is 1020. The van der Waals surface area contributed by atoms with Crippen molar-refractivity contribution in [3.8, 4) is 0 Å². The van der Waals surface area contributed by atoms with Crippen molar-refractivity contribution in [3.05, 3.63) is 70.9 Å². The summed E-state index contributed by atoms with van der Waals surface area (Å²) >= 11 is 6.46. The Morgan fingerprint density at radius 3 is 2.61 bits per heavy atom. The number of halogens is 1. The van der Waals surface area contributed by atoms with Crippen molar-refractivity contribution in [3.63, 3.8) is 0 Å². The number of carbonyl (C=O) groups excluding carboxylic acids is 1. The zero-order chi connectivity index (χ0) is 21.6. The molecule has 0 radical (unpaired) electrons. The van der Waals surface area contributed by atoms with Crippen LogP contribution in [0.5, 0.6) is 0 Å². The number of hydrogen-bond acceptors (Lipinski definition) is 3. The van der Waals surface area contributed by atoms with Crippen molar-refractivity contribution in [1.82, 2.24) is 14.8 Å². The predicted molar refractivity (Wildman–Crippen MR) is 125 cm³/mol. The van der Waals surface area contributed by atoms with E-state index in [1.165, 1.54) is 16.6 Å². The SMILES string of the molecule is COCCNC(=O)C1CCN(Cc2cc3ccccc3n2Cc2ccccc2Cl)CC1. The average molecular weight is 440 g/mol. The first kappa shape index (κ1) is 21.9. The zero-order valence-corrected chi connectivity index (χ0v) is 18.8. The Hall–Kier alpha value is -2.34. The van der Waals surface area contributed by atoms with Gasteiger partial charge in [0, 0.05) is 48.9 Å². The summed E-state index contributed by atoms with van der Waals surface area (Å²) in [6.45, 7) is 4.61. The highest BCUT2D eigenvalue weighted by molar-refractivity contribution is 6.31. The fourth-order valence-electron chi connectivity index (χ4n) is 4.39. The molecule has 1 fully saturated rings. The number of para-hydroxylation sites is 1. The quantitative estimate of drug-likeness (QED) is 0.532. The van der Waals surface area contributed by atoms with Gasteiger partial charge in [0.15, 0.2) is 0 Å². The lowest BCUT2D eigenvalue weighted by Crippen LogP contribution is -2.41. The molecule has 1 aliphatic rings. The standard InChI is InChI=1S/C25H30ClN3O2/c1-31-15-12-27-25(30)19-10-13-28(14-11-19)18-22-16-20-6-3-5-9-24(20)29(22)17-21-7-2-4-8-23(21)26/h2-9,16,19H,10-15,17-18H2,1H3,(H,27,30). The first-order valence-electron chi connectivity index (χ1n) is 11.0. The van der Waals surface area contributed by atoms with Crippen LogP contribution in [-0.4, -0.2) is 48.7 Å². The normalized spacial score (nSPS) is 15.4. The number of nitrogens with one attached hydrogen (secondary N) is 1. The van der Waals surface area contributed by atoms with Crippen LogP contribution >= 0.6 is 11.6 Å². The maximum Gasteiger partial charge on any atom is 0.223 e. The van der Waals surface area contributed by atoms with Gasteiger partial charge in [0.1, 0.15) is 0 Å². The van der Waals surface area contributed by atoms with Gasteiger partial charge in [-0.3, -0.25) is 9.69 Å². The molecule has 2 heterocycles. The van der Waals surface area contributed by atoms with Crippen molar-refractivity contribution in [2.75, 3.05) is 33.4 Å². The molecule has 0 spiro atoms. The minimum absolute atomic E-state index is 0.0992. The molecule has 1 saturated heterocycles. The summed E-state index contributed by atoms with van der Waals surface area (Å²) in [5, 5.41) is 5.02. The van der Waals surface area contributed by atoms with Gasteiger partial charge in [-0.25, -0.2) is 0 Å². The number of hydrogen-bond donors (Lipinski definition) is 1. The number of fused-ring (bicyclic) bond motifs is 1. The summed E-state index contributed by atoms with van der Waals surface area (Å²) in [5.41, 5.74) is 3.63. The minimum atomic E-state index is 0.0992. The molecule has 0 atom stereocenters. The van der Waals surface area contributed by atoms with E-state index >= 15 is 0 Å². The third-order valence-corrected chi connectivity index (χ3v) is 6.50. The van der Waals surface area contributed by atoms with Gasteiger partial charge in [-0.2, -0.15) is 0 Å². The van der Waals surface area contributed by atoms with Gasteiger partial charge < -0.3 is 14.6 Å². The van der Waals surface area contributed by atoms with Crippen LogP contribution in [-0.2, 0) is 22.6 Å². The number of likely N-dealkylation sites (tertiary alicyclic amines) is 1. The molecule has 164 valence electrons. The topological polar surface area (TPSA) is 46.5 Å². The molecule has 6 heteroatoms. The smallest absolute Gasteiger partial charge is 0.223 e.